The summed E-state index contributed by atoms with van der Waals surface area (Å²) >= 11 is 4.18. The number of amides is 4. The highest BCUT2D eigenvalue weighted by Gasteiger charge is 2.42. The molecule has 0 aromatic rings. The Morgan fingerprint density at radius 3 is 2.06 bits per heavy atom. The highest BCUT2D eigenvalue weighted by atomic mass is 32.1. The van der Waals surface area contributed by atoms with Crippen molar-refractivity contribution in [2.75, 3.05) is 19.3 Å². The molecule has 6 heteroatoms. The predicted molar refractivity (Wildman–Crippen MR) is 62.1 cm³/mol. The fourth-order valence-electron chi connectivity index (χ4n) is 1.49. The molecule has 90 valence electrons. The third kappa shape index (κ3) is 2.21. The number of carbonyl (C=O) groups is 3. The van der Waals surface area contributed by atoms with Crippen LogP contribution in [0.1, 0.15) is 13.8 Å². The summed E-state index contributed by atoms with van der Waals surface area (Å²) in [6, 6.07) is -0.539. The zero-order valence-electron chi connectivity index (χ0n) is 9.64. The quantitative estimate of drug-likeness (QED) is 0.448. The molecule has 0 aliphatic carbocycles. The smallest absolute Gasteiger partial charge is 0.263 e. The molecule has 16 heavy (non-hydrogen) atoms. The van der Waals surface area contributed by atoms with E-state index in [1.165, 1.54) is 7.05 Å². The molecule has 1 atom stereocenters. The van der Waals surface area contributed by atoms with E-state index in [9.17, 15) is 14.4 Å². The van der Waals surface area contributed by atoms with Crippen LogP contribution in [0.25, 0.3) is 0 Å². The van der Waals surface area contributed by atoms with Gasteiger partial charge in [0.05, 0.1) is 0 Å². The van der Waals surface area contributed by atoms with Crippen molar-refractivity contribution in [1.82, 2.24) is 9.80 Å². The Morgan fingerprint density at radius 1 is 1.19 bits per heavy atom. The minimum absolute atomic E-state index is 0.107. The Balaban J connectivity index is 2.78. The van der Waals surface area contributed by atoms with Gasteiger partial charge in [0.2, 0.25) is 0 Å². The second-order valence-electron chi connectivity index (χ2n) is 4.25. The maximum absolute atomic E-state index is 11.6. The van der Waals surface area contributed by atoms with Crippen LogP contribution >= 0.6 is 12.6 Å². The minimum Gasteiger partial charge on any atom is -0.263 e. The monoisotopic (exact) mass is 244 g/mol. The Kier molecular flexibility index (Phi) is 3.96. The SMILES string of the molecule is CC(C)C(CS)CN1C(=O)C(=O)N(C)C1=O. The van der Waals surface area contributed by atoms with Gasteiger partial charge in [-0.2, -0.15) is 12.6 Å². The van der Waals surface area contributed by atoms with Gasteiger partial charge in [-0.15, -0.1) is 0 Å². The molecule has 0 aromatic heterocycles. The zero-order valence-corrected chi connectivity index (χ0v) is 10.5. The topological polar surface area (TPSA) is 57.7 Å². The molecule has 1 saturated heterocycles. The van der Waals surface area contributed by atoms with Gasteiger partial charge in [-0.1, -0.05) is 13.8 Å². The van der Waals surface area contributed by atoms with Gasteiger partial charge in [0.25, 0.3) is 0 Å². The molecule has 0 N–H and O–H groups in total. The van der Waals surface area contributed by atoms with Crippen molar-refractivity contribution in [3.8, 4) is 0 Å². The maximum Gasteiger partial charge on any atom is 0.333 e. The van der Waals surface area contributed by atoms with Gasteiger partial charge in [-0.05, 0) is 17.6 Å². The molecule has 1 aliphatic heterocycles. The molecule has 0 saturated carbocycles. The minimum atomic E-state index is -0.758. The Hall–Kier alpha value is -1.04. The van der Waals surface area contributed by atoms with E-state index in [1.807, 2.05) is 13.8 Å². The van der Waals surface area contributed by atoms with E-state index >= 15 is 0 Å². The number of carbonyl (C=O) groups excluding carboxylic acids is 3. The fourth-order valence-corrected chi connectivity index (χ4v) is 2.03. The van der Waals surface area contributed by atoms with Crippen molar-refractivity contribution in [3.63, 3.8) is 0 Å². The highest BCUT2D eigenvalue weighted by Crippen LogP contribution is 2.18. The lowest BCUT2D eigenvalue weighted by Gasteiger charge is -2.23. The van der Waals surface area contributed by atoms with E-state index in [1.54, 1.807) is 0 Å². The summed E-state index contributed by atoms with van der Waals surface area (Å²) in [5.74, 6) is -0.506. The number of rotatable bonds is 4. The van der Waals surface area contributed by atoms with Gasteiger partial charge in [-0.25, -0.2) is 4.79 Å². The van der Waals surface area contributed by atoms with Crippen LogP contribution in [-0.4, -0.2) is 47.0 Å². The number of thiol groups is 1. The standard InChI is InChI=1S/C10H16N2O3S/c1-6(2)7(5-16)4-12-9(14)8(13)11(3)10(12)15/h6-7,16H,4-5H2,1-3H3. The zero-order chi connectivity index (χ0) is 12.5. The van der Waals surface area contributed by atoms with Crippen LogP contribution in [0.4, 0.5) is 4.79 Å². The first-order valence-electron chi connectivity index (χ1n) is 5.14. The second kappa shape index (κ2) is 4.86. The van der Waals surface area contributed by atoms with Gasteiger partial charge in [0.15, 0.2) is 0 Å². The highest BCUT2D eigenvalue weighted by molar-refractivity contribution is 7.80. The summed E-state index contributed by atoms with van der Waals surface area (Å²) in [6.45, 7) is 4.25. The van der Waals surface area contributed by atoms with Crippen LogP contribution in [0, 0.1) is 11.8 Å². The van der Waals surface area contributed by atoms with Gasteiger partial charge >= 0.3 is 17.8 Å². The summed E-state index contributed by atoms with van der Waals surface area (Å²) in [6.07, 6.45) is 0. The Labute approximate surface area is 100 Å². The lowest BCUT2D eigenvalue weighted by molar-refractivity contribution is -0.143. The van der Waals surface area contributed by atoms with Crippen LogP contribution in [0.15, 0.2) is 0 Å². The number of urea groups is 1. The fraction of sp³-hybridized carbons (Fsp3) is 0.700. The normalized spacial score (nSPS) is 18.9. The predicted octanol–water partition coefficient (Wildman–Crippen LogP) is 0.609. The summed E-state index contributed by atoms with van der Waals surface area (Å²) < 4.78 is 0. The molecule has 0 bridgehead atoms. The molecule has 1 aliphatic rings. The molecule has 1 unspecified atom stereocenters. The average Bonchev–Trinajstić information content (AvgIpc) is 2.41. The van der Waals surface area contributed by atoms with Gasteiger partial charge in [0, 0.05) is 13.6 Å². The largest absolute Gasteiger partial charge is 0.333 e. The van der Waals surface area contributed by atoms with Gasteiger partial charge in [0.1, 0.15) is 0 Å². The van der Waals surface area contributed by atoms with Crippen LogP contribution in [0.2, 0.25) is 0 Å². The number of nitrogens with zero attached hydrogens (tertiary/aromatic N) is 2. The van der Waals surface area contributed by atoms with E-state index in [0.29, 0.717) is 11.7 Å². The Morgan fingerprint density at radius 2 is 1.75 bits per heavy atom. The third-order valence-electron chi connectivity index (χ3n) is 2.84. The summed E-state index contributed by atoms with van der Waals surface area (Å²) in [5, 5.41) is 0. The lowest BCUT2D eigenvalue weighted by atomic mass is 9.97. The second-order valence-corrected chi connectivity index (χ2v) is 4.61. The number of imide groups is 2. The van der Waals surface area contributed by atoms with Crippen LogP contribution in [-0.2, 0) is 9.59 Å². The average molecular weight is 244 g/mol. The molecule has 1 fully saturated rings. The van der Waals surface area contributed by atoms with Gasteiger partial charge in [-0.3, -0.25) is 19.4 Å². The Bertz CT molecular complexity index is 330. The van der Waals surface area contributed by atoms with Crippen molar-refractivity contribution >= 4 is 30.5 Å². The molecular weight excluding hydrogens is 228 g/mol. The van der Waals surface area contributed by atoms with Crippen molar-refractivity contribution in [2.24, 2.45) is 11.8 Å². The van der Waals surface area contributed by atoms with E-state index in [2.05, 4.69) is 12.6 Å². The molecule has 0 aromatic carbocycles. The molecule has 4 amide bonds. The van der Waals surface area contributed by atoms with Crippen LogP contribution in [0.3, 0.4) is 0 Å². The van der Waals surface area contributed by atoms with E-state index in [4.69, 9.17) is 0 Å². The van der Waals surface area contributed by atoms with Crippen molar-refractivity contribution in [1.29, 1.82) is 0 Å². The van der Waals surface area contributed by atoms with E-state index in [0.717, 1.165) is 9.80 Å². The molecule has 0 radical (unpaired) electrons. The summed E-state index contributed by atoms with van der Waals surface area (Å²) in [4.78, 5) is 36.2. The maximum atomic E-state index is 11.6. The molecule has 0 spiro atoms. The lowest BCUT2D eigenvalue weighted by Crippen LogP contribution is -2.37. The van der Waals surface area contributed by atoms with Crippen molar-refractivity contribution in [2.45, 2.75) is 13.8 Å². The van der Waals surface area contributed by atoms with E-state index in [-0.39, 0.29) is 12.5 Å². The number of likely N-dealkylation sites (N-methyl/N-ethyl adjacent to an activating group) is 1. The first-order chi connectivity index (χ1) is 7.40. The third-order valence-corrected chi connectivity index (χ3v) is 3.31. The summed E-state index contributed by atoms with van der Waals surface area (Å²) in [5.41, 5.74) is 0. The first-order valence-corrected chi connectivity index (χ1v) is 5.77. The number of hydrogen-bond acceptors (Lipinski definition) is 4. The molecule has 5 nitrogen and oxygen atoms in total. The van der Waals surface area contributed by atoms with Crippen LogP contribution in [0.5, 0.6) is 0 Å². The molecular formula is C10H16N2O3S. The van der Waals surface area contributed by atoms with Crippen molar-refractivity contribution < 1.29 is 14.4 Å². The van der Waals surface area contributed by atoms with Crippen LogP contribution < -0.4 is 0 Å². The van der Waals surface area contributed by atoms with Gasteiger partial charge < -0.3 is 0 Å². The molecule has 1 heterocycles. The van der Waals surface area contributed by atoms with E-state index < -0.39 is 17.8 Å². The summed E-state index contributed by atoms with van der Waals surface area (Å²) in [7, 11) is 1.31. The first kappa shape index (κ1) is 13.0. The van der Waals surface area contributed by atoms with Crippen molar-refractivity contribution in [3.05, 3.63) is 0 Å². The number of hydrogen-bond donors (Lipinski definition) is 1. The molecule has 1 rings (SSSR count).